The highest BCUT2D eigenvalue weighted by Crippen LogP contribution is 2.32. The van der Waals surface area contributed by atoms with Gasteiger partial charge in [-0.15, -0.1) is 0 Å². The summed E-state index contributed by atoms with van der Waals surface area (Å²) in [5, 5.41) is 2.81. The van der Waals surface area contributed by atoms with Gasteiger partial charge in [0.05, 0.1) is 16.2 Å². The molecule has 7 heteroatoms. The molecule has 0 radical (unpaired) electrons. The van der Waals surface area contributed by atoms with E-state index in [-0.39, 0.29) is 10.8 Å². The van der Waals surface area contributed by atoms with Gasteiger partial charge in [-0.25, -0.2) is 4.98 Å². The second kappa shape index (κ2) is 5.96. The topological polar surface area (TPSA) is 34.1 Å². The molecule has 0 spiro atoms. The molecule has 1 aromatic rings. The molecule has 1 N–H and O–H groups in total. The number of hydrogen-bond donors (Lipinski definition) is 1. The SMILES string of the molecule is CCOC(C)(C)CNc1ncc(C(F)(F)F)cc1Cl. The van der Waals surface area contributed by atoms with Gasteiger partial charge >= 0.3 is 6.18 Å². The molecule has 0 fully saturated rings. The lowest BCUT2D eigenvalue weighted by molar-refractivity contribution is -0.137. The van der Waals surface area contributed by atoms with Crippen LogP contribution in [0.2, 0.25) is 5.02 Å². The highest BCUT2D eigenvalue weighted by Gasteiger charge is 2.31. The van der Waals surface area contributed by atoms with E-state index in [0.29, 0.717) is 13.2 Å². The second-order valence-electron chi connectivity index (χ2n) is 4.60. The molecule has 1 rings (SSSR count). The molecule has 0 aliphatic rings. The zero-order chi connectivity index (χ0) is 14.7. The fourth-order valence-electron chi connectivity index (χ4n) is 1.46. The van der Waals surface area contributed by atoms with Crippen LogP contribution in [0.1, 0.15) is 26.3 Å². The summed E-state index contributed by atoms with van der Waals surface area (Å²) in [6.07, 6.45) is -3.69. The van der Waals surface area contributed by atoms with Crippen molar-refractivity contribution in [1.29, 1.82) is 0 Å². The van der Waals surface area contributed by atoms with Crippen molar-refractivity contribution in [2.45, 2.75) is 32.5 Å². The molecule has 1 heterocycles. The number of alkyl halides is 3. The highest BCUT2D eigenvalue weighted by atomic mass is 35.5. The van der Waals surface area contributed by atoms with Crippen LogP contribution in [0.4, 0.5) is 19.0 Å². The third kappa shape index (κ3) is 4.87. The van der Waals surface area contributed by atoms with Gasteiger partial charge in [0.1, 0.15) is 5.82 Å². The smallest absolute Gasteiger partial charge is 0.374 e. The maximum absolute atomic E-state index is 12.4. The standard InChI is InChI=1S/C12H16ClF3N2O/c1-4-19-11(2,3)7-18-10-9(13)5-8(6-17-10)12(14,15)16/h5-6H,4,7H2,1-3H3,(H,17,18). The van der Waals surface area contributed by atoms with Gasteiger partial charge in [-0.05, 0) is 26.8 Å². The summed E-state index contributed by atoms with van der Waals surface area (Å²) in [4.78, 5) is 3.69. The van der Waals surface area contributed by atoms with E-state index in [9.17, 15) is 13.2 Å². The van der Waals surface area contributed by atoms with Crippen molar-refractivity contribution < 1.29 is 17.9 Å². The quantitative estimate of drug-likeness (QED) is 0.892. The van der Waals surface area contributed by atoms with E-state index in [2.05, 4.69) is 10.3 Å². The molecule has 0 bridgehead atoms. The third-order valence-corrected chi connectivity index (χ3v) is 2.67. The van der Waals surface area contributed by atoms with Crippen LogP contribution in [0.25, 0.3) is 0 Å². The monoisotopic (exact) mass is 296 g/mol. The molecule has 3 nitrogen and oxygen atoms in total. The Balaban J connectivity index is 2.76. The van der Waals surface area contributed by atoms with Crippen LogP contribution in [0, 0.1) is 0 Å². The molecule has 0 aliphatic heterocycles. The van der Waals surface area contributed by atoms with E-state index in [1.54, 1.807) is 0 Å². The lowest BCUT2D eigenvalue weighted by atomic mass is 10.1. The Kier molecular flexibility index (Phi) is 5.04. The minimum absolute atomic E-state index is 0.0675. The number of hydrogen-bond acceptors (Lipinski definition) is 3. The maximum Gasteiger partial charge on any atom is 0.417 e. The second-order valence-corrected chi connectivity index (χ2v) is 5.01. The Morgan fingerprint density at radius 3 is 2.47 bits per heavy atom. The molecule has 1 aromatic heterocycles. The average molecular weight is 297 g/mol. The Bertz CT molecular complexity index is 435. The Morgan fingerprint density at radius 1 is 1.37 bits per heavy atom. The molecule has 0 aliphatic carbocycles. The Morgan fingerprint density at radius 2 is 2.00 bits per heavy atom. The molecule has 108 valence electrons. The molecule has 19 heavy (non-hydrogen) atoms. The highest BCUT2D eigenvalue weighted by molar-refractivity contribution is 6.32. The summed E-state index contributed by atoms with van der Waals surface area (Å²) in [6.45, 7) is 6.52. The first-order chi connectivity index (χ1) is 8.65. The van der Waals surface area contributed by atoms with Crippen molar-refractivity contribution in [2.24, 2.45) is 0 Å². The van der Waals surface area contributed by atoms with E-state index < -0.39 is 17.3 Å². The van der Waals surface area contributed by atoms with Crippen LogP contribution < -0.4 is 5.32 Å². The number of aromatic nitrogens is 1. The number of nitrogens with zero attached hydrogens (tertiary/aromatic N) is 1. The van der Waals surface area contributed by atoms with Crippen LogP contribution in [-0.4, -0.2) is 23.7 Å². The van der Waals surface area contributed by atoms with Crippen molar-refractivity contribution in [3.63, 3.8) is 0 Å². The van der Waals surface area contributed by atoms with Crippen LogP contribution in [0.15, 0.2) is 12.3 Å². The molecule has 0 saturated carbocycles. The van der Waals surface area contributed by atoms with Crippen molar-refractivity contribution in [3.05, 3.63) is 22.8 Å². The number of rotatable bonds is 5. The molecule has 0 saturated heterocycles. The average Bonchev–Trinajstić information content (AvgIpc) is 2.26. The van der Waals surface area contributed by atoms with E-state index in [1.807, 2.05) is 20.8 Å². The van der Waals surface area contributed by atoms with Gasteiger partial charge in [-0.3, -0.25) is 0 Å². The molecule has 0 atom stereocenters. The summed E-state index contributed by atoms with van der Waals surface area (Å²) in [7, 11) is 0. The van der Waals surface area contributed by atoms with Crippen molar-refractivity contribution >= 4 is 17.4 Å². The van der Waals surface area contributed by atoms with Gasteiger partial charge in [0, 0.05) is 19.3 Å². The summed E-state index contributed by atoms with van der Waals surface area (Å²) in [5.74, 6) is 0.211. The van der Waals surface area contributed by atoms with E-state index >= 15 is 0 Å². The molecular formula is C12H16ClF3N2O. The maximum atomic E-state index is 12.4. The molecular weight excluding hydrogens is 281 g/mol. The summed E-state index contributed by atoms with van der Waals surface area (Å²) in [5.41, 5.74) is -1.32. The van der Waals surface area contributed by atoms with Gasteiger partial charge in [0.15, 0.2) is 0 Å². The Labute approximate surface area is 115 Å². The lowest BCUT2D eigenvalue weighted by Gasteiger charge is -2.25. The molecule has 0 aromatic carbocycles. The van der Waals surface area contributed by atoms with Crippen LogP contribution >= 0.6 is 11.6 Å². The lowest BCUT2D eigenvalue weighted by Crippen LogP contribution is -2.33. The summed E-state index contributed by atoms with van der Waals surface area (Å²) >= 11 is 5.78. The van der Waals surface area contributed by atoms with Gasteiger partial charge in [-0.1, -0.05) is 11.6 Å². The first kappa shape index (κ1) is 16.0. The minimum atomic E-state index is -4.44. The Hall–Kier alpha value is -1.01. The van der Waals surface area contributed by atoms with Crippen LogP contribution in [0.5, 0.6) is 0 Å². The zero-order valence-electron chi connectivity index (χ0n) is 10.9. The summed E-state index contributed by atoms with van der Waals surface area (Å²) < 4.78 is 42.8. The predicted octanol–water partition coefficient (Wildman–Crippen LogP) is 3.98. The number of nitrogens with one attached hydrogen (secondary N) is 1. The normalized spacial score (nSPS) is 12.6. The number of ether oxygens (including phenoxy) is 1. The van der Waals surface area contributed by atoms with E-state index in [4.69, 9.17) is 16.3 Å². The van der Waals surface area contributed by atoms with Crippen molar-refractivity contribution in [1.82, 2.24) is 4.98 Å². The first-order valence-corrected chi connectivity index (χ1v) is 6.14. The van der Waals surface area contributed by atoms with Gasteiger partial charge in [0.2, 0.25) is 0 Å². The molecule has 0 unspecified atom stereocenters. The first-order valence-electron chi connectivity index (χ1n) is 5.76. The largest absolute Gasteiger partial charge is 0.417 e. The van der Waals surface area contributed by atoms with Crippen molar-refractivity contribution in [3.8, 4) is 0 Å². The van der Waals surface area contributed by atoms with Gasteiger partial charge in [0.25, 0.3) is 0 Å². The number of halogens is 4. The zero-order valence-corrected chi connectivity index (χ0v) is 11.7. The molecule has 0 amide bonds. The predicted molar refractivity (Wildman–Crippen MR) is 68.4 cm³/mol. The van der Waals surface area contributed by atoms with Crippen LogP contribution in [0.3, 0.4) is 0 Å². The summed E-state index contributed by atoms with van der Waals surface area (Å²) in [6, 6.07) is 0.852. The van der Waals surface area contributed by atoms with Crippen molar-refractivity contribution in [2.75, 3.05) is 18.5 Å². The minimum Gasteiger partial charge on any atom is -0.374 e. The number of anilines is 1. The fourth-order valence-corrected chi connectivity index (χ4v) is 1.69. The van der Waals surface area contributed by atoms with Crippen LogP contribution in [-0.2, 0) is 10.9 Å². The third-order valence-electron chi connectivity index (χ3n) is 2.39. The van der Waals surface area contributed by atoms with Gasteiger partial charge in [-0.2, -0.15) is 13.2 Å². The van der Waals surface area contributed by atoms with E-state index in [0.717, 1.165) is 12.3 Å². The number of pyridine rings is 1. The fraction of sp³-hybridized carbons (Fsp3) is 0.583. The van der Waals surface area contributed by atoms with Gasteiger partial charge < -0.3 is 10.1 Å². The van der Waals surface area contributed by atoms with E-state index in [1.165, 1.54) is 0 Å².